The van der Waals surface area contributed by atoms with Crippen LogP contribution in [-0.2, 0) is 11.4 Å². The van der Waals surface area contributed by atoms with Crippen LogP contribution in [0.4, 0.5) is 5.82 Å². The molecule has 0 aliphatic carbocycles. The maximum atomic E-state index is 12.4. The highest BCUT2D eigenvalue weighted by atomic mass is 79.9. The van der Waals surface area contributed by atoms with Gasteiger partial charge in [-0.25, -0.2) is 0 Å². The number of nitrogens with one attached hydrogen (secondary N) is 2. The standard InChI is InChI=1S/C12H9BrClN3O2S/c1-6-11(13)12(16-19-6)17-20(18)10-5-15-9-4-7(14)2-3-8(9)10/h2-5,15H,1H3,(H,16,17). The minimum absolute atomic E-state index is 0.407. The minimum atomic E-state index is -1.46. The highest BCUT2D eigenvalue weighted by molar-refractivity contribution is 9.10. The molecule has 1 aromatic carbocycles. The number of H-pyrrole nitrogens is 1. The van der Waals surface area contributed by atoms with E-state index in [9.17, 15) is 4.55 Å². The summed E-state index contributed by atoms with van der Waals surface area (Å²) in [6, 6.07) is 5.37. The van der Waals surface area contributed by atoms with Crippen LogP contribution in [-0.4, -0.2) is 14.7 Å². The number of anilines is 1. The molecule has 0 bridgehead atoms. The molecule has 0 amide bonds. The van der Waals surface area contributed by atoms with Crippen LogP contribution in [0.3, 0.4) is 0 Å². The lowest BCUT2D eigenvalue weighted by atomic mass is 10.2. The quantitative estimate of drug-likeness (QED) is 0.679. The maximum Gasteiger partial charge on any atom is 0.227 e. The van der Waals surface area contributed by atoms with Crippen LogP contribution in [0.1, 0.15) is 5.76 Å². The molecular weight excluding hydrogens is 366 g/mol. The summed E-state index contributed by atoms with van der Waals surface area (Å²) >= 11 is 7.79. The monoisotopic (exact) mass is 373 g/mol. The van der Waals surface area contributed by atoms with Gasteiger partial charge in [-0.1, -0.05) is 16.8 Å². The fraction of sp³-hybridized carbons (Fsp3) is 0.0833. The van der Waals surface area contributed by atoms with Crippen LogP contribution >= 0.6 is 27.5 Å². The summed E-state index contributed by atoms with van der Waals surface area (Å²) in [6.45, 7) is 1.76. The van der Waals surface area contributed by atoms with Crippen molar-refractivity contribution in [3.05, 3.63) is 39.7 Å². The van der Waals surface area contributed by atoms with Gasteiger partial charge >= 0.3 is 0 Å². The van der Waals surface area contributed by atoms with Crippen molar-refractivity contribution >= 4 is 55.6 Å². The number of aromatic nitrogens is 2. The SMILES string of the molecule is Cc1onc(N[S+]([O-])c2c[nH]c3cc(Cl)ccc23)c1Br. The molecule has 0 aliphatic rings. The van der Waals surface area contributed by atoms with Crippen LogP contribution in [0.2, 0.25) is 5.02 Å². The lowest BCUT2D eigenvalue weighted by Gasteiger charge is -2.08. The molecule has 2 aromatic heterocycles. The number of nitrogens with zero attached hydrogens (tertiary/aromatic N) is 1. The van der Waals surface area contributed by atoms with E-state index in [1.807, 2.05) is 6.07 Å². The second-order valence-corrected chi connectivity index (χ2v) is 6.53. The van der Waals surface area contributed by atoms with Crippen molar-refractivity contribution in [3.63, 3.8) is 0 Å². The Labute approximate surface area is 131 Å². The molecule has 3 rings (SSSR count). The van der Waals surface area contributed by atoms with E-state index >= 15 is 0 Å². The Morgan fingerprint density at radius 1 is 1.50 bits per heavy atom. The molecule has 1 unspecified atom stereocenters. The highest BCUT2D eigenvalue weighted by Gasteiger charge is 2.21. The molecule has 20 heavy (non-hydrogen) atoms. The molecule has 5 nitrogen and oxygen atoms in total. The number of hydrogen-bond acceptors (Lipinski definition) is 4. The van der Waals surface area contributed by atoms with Gasteiger partial charge in [-0.2, -0.15) is 4.72 Å². The Balaban J connectivity index is 1.92. The second-order valence-electron chi connectivity index (χ2n) is 4.11. The Kier molecular flexibility index (Phi) is 3.68. The average Bonchev–Trinajstić information content (AvgIpc) is 2.96. The number of fused-ring (bicyclic) bond motifs is 1. The van der Waals surface area contributed by atoms with Gasteiger partial charge in [-0.15, -0.1) is 0 Å². The fourth-order valence-corrected chi connectivity index (χ4v) is 3.31. The minimum Gasteiger partial charge on any atom is -0.588 e. The summed E-state index contributed by atoms with van der Waals surface area (Å²) in [5, 5.41) is 5.27. The summed E-state index contributed by atoms with van der Waals surface area (Å²) in [5.74, 6) is 1.03. The van der Waals surface area contributed by atoms with Gasteiger partial charge in [0.15, 0.2) is 0 Å². The zero-order chi connectivity index (χ0) is 14.3. The molecule has 1 atom stereocenters. The van der Waals surface area contributed by atoms with Gasteiger partial charge < -0.3 is 14.1 Å². The lowest BCUT2D eigenvalue weighted by Crippen LogP contribution is -2.13. The molecule has 8 heteroatoms. The summed E-state index contributed by atoms with van der Waals surface area (Å²) in [6.07, 6.45) is 1.69. The summed E-state index contributed by atoms with van der Waals surface area (Å²) < 4.78 is 20.8. The van der Waals surface area contributed by atoms with Crippen LogP contribution in [0.25, 0.3) is 10.9 Å². The molecule has 0 aliphatic heterocycles. The maximum absolute atomic E-state index is 12.4. The van der Waals surface area contributed by atoms with E-state index in [2.05, 4.69) is 30.8 Å². The van der Waals surface area contributed by atoms with Gasteiger partial charge in [0.05, 0.1) is 17.1 Å². The number of benzene rings is 1. The number of aryl methyl sites for hydroxylation is 1. The van der Waals surface area contributed by atoms with E-state index in [-0.39, 0.29) is 0 Å². The van der Waals surface area contributed by atoms with Crippen LogP contribution in [0.15, 0.2) is 38.3 Å². The Morgan fingerprint density at radius 2 is 2.30 bits per heavy atom. The number of rotatable bonds is 3. The first-order valence-corrected chi connectivity index (χ1v) is 7.95. The summed E-state index contributed by atoms with van der Waals surface area (Å²) in [7, 11) is 0. The molecule has 3 aromatic rings. The molecule has 0 saturated heterocycles. The van der Waals surface area contributed by atoms with Gasteiger partial charge in [0.1, 0.15) is 21.6 Å². The molecule has 0 radical (unpaired) electrons. The van der Waals surface area contributed by atoms with Gasteiger partial charge in [-0.3, -0.25) is 0 Å². The first kappa shape index (κ1) is 13.8. The van der Waals surface area contributed by atoms with Gasteiger partial charge in [-0.05, 0) is 41.1 Å². The lowest BCUT2D eigenvalue weighted by molar-refractivity contribution is 0.399. The van der Waals surface area contributed by atoms with E-state index in [0.29, 0.717) is 26.0 Å². The fourth-order valence-electron chi connectivity index (χ4n) is 1.79. The summed E-state index contributed by atoms with van der Waals surface area (Å²) in [5.41, 5.74) is 0.832. The van der Waals surface area contributed by atoms with Crippen LogP contribution in [0, 0.1) is 6.92 Å². The number of halogens is 2. The van der Waals surface area contributed by atoms with Gasteiger partial charge in [0, 0.05) is 5.02 Å². The van der Waals surface area contributed by atoms with E-state index in [1.165, 1.54) is 0 Å². The third-order valence-electron chi connectivity index (χ3n) is 2.79. The molecular formula is C12H9BrClN3O2S. The van der Waals surface area contributed by atoms with Crippen LogP contribution in [0.5, 0.6) is 0 Å². The Hall–Kier alpha value is -1.15. The van der Waals surface area contributed by atoms with E-state index in [4.69, 9.17) is 16.1 Å². The highest BCUT2D eigenvalue weighted by Crippen LogP contribution is 2.30. The smallest absolute Gasteiger partial charge is 0.227 e. The van der Waals surface area contributed by atoms with Crippen molar-refractivity contribution in [2.45, 2.75) is 11.8 Å². The summed E-state index contributed by atoms with van der Waals surface area (Å²) in [4.78, 5) is 3.67. The molecule has 2 N–H and O–H groups in total. The predicted octanol–water partition coefficient (Wildman–Crippen LogP) is 4.01. The van der Waals surface area contributed by atoms with Crippen molar-refractivity contribution in [2.24, 2.45) is 0 Å². The number of aromatic amines is 1. The third kappa shape index (κ3) is 2.42. The molecule has 0 spiro atoms. The zero-order valence-corrected chi connectivity index (χ0v) is 13.4. The van der Waals surface area contributed by atoms with Gasteiger partial charge in [0.2, 0.25) is 10.7 Å². The predicted molar refractivity (Wildman–Crippen MR) is 82.3 cm³/mol. The molecule has 0 fully saturated rings. The van der Waals surface area contributed by atoms with Crippen molar-refractivity contribution < 1.29 is 9.08 Å². The normalized spacial score (nSPS) is 12.8. The van der Waals surface area contributed by atoms with Crippen molar-refractivity contribution in [1.29, 1.82) is 0 Å². The first-order chi connectivity index (χ1) is 9.56. The van der Waals surface area contributed by atoms with Crippen LogP contribution < -0.4 is 4.72 Å². The van der Waals surface area contributed by atoms with Crippen molar-refractivity contribution in [3.8, 4) is 0 Å². The molecule has 104 valence electrons. The second kappa shape index (κ2) is 5.33. The third-order valence-corrected chi connectivity index (χ3v) is 5.07. The Morgan fingerprint density at radius 3 is 3.00 bits per heavy atom. The van der Waals surface area contributed by atoms with E-state index < -0.39 is 11.4 Å². The Bertz CT molecular complexity index is 773. The number of hydrogen-bond donors (Lipinski definition) is 2. The van der Waals surface area contributed by atoms with E-state index in [1.54, 1.807) is 25.3 Å². The van der Waals surface area contributed by atoms with Crippen molar-refractivity contribution in [1.82, 2.24) is 10.1 Å². The van der Waals surface area contributed by atoms with E-state index in [0.717, 1.165) is 10.9 Å². The van der Waals surface area contributed by atoms with Gasteiger partial charge in [0.25, 0.3) is 0 Å². The molecule has 2 heterocycles. The van der Waals surface area contributed by atoms with Crippen molar-refractivity contribution in [2.75, 3.05) is 4.72 Å². The average molecular weight is 375 g/mol. The largest absolute Gasteiger partial charge is 0.588 e. The first-order valence-electron chi connectivity index (χ1n) is 5.63. The topological polar surface area (TPSA) is 76.9 Å². The zero-order valence-electron chi connectivity index (χ0n) is 10.2. The molecule has 0 saturated carbocycles.